The van der Waals surface area contributed by atoms with Crippen LogP contribution in [0.5, 0.6) is 0 Å². The normalized spacial score (nSPS) is 31.4. The minimum Gasteiger partial charge on any atom is -0.395 e. The number of amides is 1. The summed E-state index contributed by atoms with van der Waals surface area (Å²) in [7, 11) is 0. The van der Waals surface area contributed by atoms with E-state index in [1.54, 1.807) is 0 Å². The topological polar surface area (TPSA) is 61.4 Å². The van der Waals surface area contributed by atoms with E-state index in [-0.39, 0.29) is 18.7 Å². The molecule has 0 aromatic rings. The van der Waals surface area contributed by atoms with E-state index in [1.807, 2.05) is 0 Å². The maximum Gasteiger partial charge on any atom is 0.207 e. The van der Waals surface area contributed by atoms with Crippen LogP contribution in [-0.2, 0) is 4.79 Å². The van der Waals surface area contributed by atoms with Crippen molar-refractivity contribution in [3.63, 3.8) is 0 Å². The van der Waals surface area contributed by atoms with Crippen LogP contribution in [0.25, 0.3) is 0 Å². The van der Waals surface area contributed by atoms with Gasteiger partial charge in [-0.25, -0.2) is 0 Å². The van der Waals surface area contributed by atoms with Crippen molar-refractivity contribution >= 4 is 6.41 Å². The Kier molecular flexibility index (Phi) is 3.32. The number of aliphatic hydroxyl groups is 1. The standard InChI is InChI=1S/C7H14N2O2/c10-4-7-6(9-5-11)2-1-3-8-7/h5-8,10H,1-4H2,(H,9,11)/t6-,7-/m1/s1. The fourth-order valence-electron chi connectivity index (χ4n) is 1.43. The zero-order valence-electron chi connectivity index (χ0n) is 6.42. The molecule has 4 heteroatoms. The lowest BCUT2D eigenvalue weighted by Crippen LogP contribution is -2.53. The summed E-state index contributed by atoms with van der Waals surface area (Å²) in [5.74, 6) is 0. The van der Waals surface area contributed by atoms with Gasteiger partial charge < -0.3 is 15.7 Å². The summed E-state index contributed by atoms with van der Waals surface area (Å²) >= 11 is 0. The molecule has 3 N–H and O–H groups in total. The van der Waals surface area contributed by atoms with Crippen LogP contribution in [0.3, 0.4) is 0 Å². The van der Waals surface area contributed by atoms with Crippen LogP contribution in [0.4, 0.5) is 0 Å². The zero-order chi connectivity index (χ0) is 8.10. The van der Waals surface area contributed by atoms with Gasteiger partial charge in [-0.1, -0.05) is 0 Å². The first-order valence-electron chi connectivity index (χ1n) is 3.92. The van der Waals surface area contributed by atoms with Crippen molar-refractivity contribution in [3.05, 3.63) is 0 Å². The van der Waals surface area contributed by atoms with Gasteiger partial charge in [-0.3, -0.25) is 4.79 Å². The van der Waals surface area contributed by atoms with E-state index >= 15 is 0 Å². The Bertz CT molecular complexity index is 130. The molecule has 1 saturated heterocycles. The van der Waals surface area contributed by atoms with Gasteiger partial charge in [-0.2, -0.15) is 0 Å². The third-order valence-electron chi connectivity index (χ3n) is 2.06. The number of carbonyl (C=O) groups excluding carboxylic acids is 1. The molecule has 2 atom stereocenters. The minimum atomic E-state index is 0.0361. The SMILES string of the molecule is O=CN[C@@H]1CCCN[C@@H]1CO. The summed E-state index contributed by atoms with van der Waals surface area (Å²) in [6.45, 7) is 1.02. The molecule has 0 aromatic heterocycles. The van der Waals surface area contributed by atoms with Crippen LogP contribution in [0.2, 0.25) is 0 Å². The lowest BCUT2D eigenvalue weighted by Gasteiger charge is -2.30. The van der Waals surface area contributed by atoms with Gasteiger partial charge in [-0.05, 0) is 19.4 Å². The maximum atomic E-state index is 10.1. The Morgan fingerprint density at radius 1 is 1.73 bits per heavy atom. The number of rotatable bonds is 3. The Labute approximate surface area is 66.0 Å². The molecular weight excluding hydrogens is 144 g/mol. The molecule has 11 heavy (non-hydrogen) atoms. The molecule has 1 fully saturated rings. The number of hydrogen-bond donors (Lipinski definition) is 3. The summed E-state index contributed by atoms with van der Waals surface area (Å²) in [5, 5.41) is 14.7. The highest BCUT2D eigenvalue weighted by Gasteiger charge is 2.22. The molecule has 4 nitrogen and oxygen atoms in total. The van der Waals surface area contributed by atoms with Crippen molar-refractivity contribution in [2.45, 2.75) is 24.9 Å². The average molecular weight is 158 g/mol. The van der Waals surface area contributed by atoms with E-state index in [1.165, 1.54) is 0 Å². The molecule has 0 radical (unpaired) electrons. The molecule has 0 aliphatic carbocycles. The van der Waals surface area contributed by atoms with E-state index < -0.39 is 0 Å². The fraction of sp³-hybridized carbons (Fsp3) is 0.857. The molecule has 0 aromatic carbocycles. The third kappa shape index (κ3) is 2.17. The highest BCUT2D eigenvalue weighted by atomic mass is 16.3. The zero-order valence-corrected chi connectivity index (χ0v) is 6.42. The first kappa shape index (κ1) is 8.49. The minimum absolute atomic E-state index is 0.0361. The largest absolute Gasteiger partial charge is 0.395 e. The Balaban J connectivity index is 2.37. The predicted molar refractivity (Wildman–Crippen MR) is 41.1 cm³/mol. The lowest BCUT2D eigenvalue weighted by atomic mass is 9.99. The van der Waals surface area contributed by atoms with Crippen molar-refractivity contribution in [3.8, 4) is 0 Å². The van der Waals surface area contributed by atoms with Crippen LogP contribution < -0.4 is 10.6 Å². The molecule has 1 aliphatic rings. The van der Waals surface area contributed by atoms with Gasteiger partial charge in [0.1, 0.15) is 0 Å². The number of aliphatic hydroxyl groups excluding tert-OH is 1. The first-order valence-corrected chi connectivity index (χ1v) is 3.92. The van der Waals surface area contributed by atoms with Gasteiger partial charge in [0.15, 0.2) is 0 Å². The number of carbonyl (C=O) groups is 1. The van der Waals surface area contributed by atoms with Crippen LogP contribution in [0, 0.1) is 0 Å². The summed E-state index contributed by atoms with van der Waals surface area (Å²) in [6.07, 6.45) is 2.71. The monoisotopic (exact) mass is 158 g/mol. The van der Waals surface area contributed by atoms with Crippen LogP contribution in [-0.4, -0.2) is 36.8 Å². The highest BCUT2D eigenvalue weighted by molar-refractivity contribution is 5.46. The second-order valence-corrected chi connectivity index (χ2v) is 2.78. The van der Waals surface area contributed by atoms with Crippen LogP contribution >= 0.6 is 0 Å². The Morgan fingerprint density at radius 3 is 3.18 bits per heavy atom. The number of nitrogens with one attached hydrogen (secondary N) is 2. The molecule has 1 heterocycles. The fourth-order valence-corrected chi connectivity index (χ4v) is 1.43. The van der Waals surface area contributed by atoms with E-state index in [0.717, 1.165) is 19.4 Å². The summed E-state index contributed by atoms with van der Waals surface area (Å²) in [4.78, 5) is 10.1. The van der Waals surface area contributed by atoms with Crippen molar-refractivity contribution in [2.75, 3.05) is 13.2 Å². The lowest BCUT2D eigenvalue weighted by molar-refractivity contribution is -0.110. The third-order valence-corrected chi connectivity index (χ3v) is 2.06. The molecule has 0 unspecified atom stereocenters. The molecule has 1 amide bonds. The Morgan fingerprint density at radius 2 is 2.55 bits per heavy atom. The van der Waals surface area contributed by atoms with Gasteiger partial charge in [-0.15, -0.1) is 0 Å². The number of hydrogen-bond acceptors (Lipinski definition) is 3. The molecule has 0 spiro atoms. The second kappa shape index (κ2) is 4.31. The smallest absolute Gasteiger partial charge is 0.207 e. The Hall–Kier alpha value is -0.610. The van der Waals surface area contributed by atoms with E-state index in [2.05, 4.69) is 10.6 Å². The van der Waals surface area contributed by atoms with Crippen LogP contribution in [0.15, 0.2) is 0 Å². The second-order valence-electron chi connectivity index (χ2n) is 2.78. The van der Waals surface area contributed by atoms with Crippen molar-refractivity contribution < 1.29 is 9.90 Å². The van der Waals surface area contributed by atoms with Gasteiger partial charge in [0.2, 0.25) is 6.41 Å². The van der Waals surface area contributed by atoms with Crippen molar-refractivity contribution in [2.24, 2.45) is 0 Å². The van der Waals surface area contributed by atoms with Gasteiger partial charge in [0.25, 0.3) is 0 Å². The van der Waals surface area contributed by atoms with Crippen molar-refractivity contribution in [1.82, 2.24) is 10.6 Å². The quantitative estimate of drug-likeness (QED) is 0.454. The number of piperidine rings is 1. The van der Waals surface area contributed by atoms with Gasteiger partial charge in [0, 0.05) is 6.04 Å². The van der Waals surface area contributed by atoms with Gasteiger partial charge in [0.05, 0.1) is 12.6 Å². The molecule has 0 saturated carbocycles. The maximum absolute atomic E-state index is 10.1. The molecule has 0 bridgehead atoms. The first-order chi connectivity index (χ1) is 5.38. The van der Waals surface area contributed by atoms with E-state index in [4.69, 9.17) is 5.11 Å². The molecule has 64 valence electrons. The summed E-state index contributed by atoms with van der Waals surface area (Å²) < 4.78 is 0. The summed E-state index contributed by atoms with van der Waals surface area (Å²) in [6, 6.07) is 0.139. The van der Waals surface area contributed by atoms with Gasteiger partial charge >= 0.3 is 0 Å². The van der Waals surface area contributed by atoms with E-state index in [9.17, 15) is 4.79 Å². The molecule has 1 rings (SSSR count). The average Bonchev–Trinajstić information content (AvgIpc) is 2.06. The molecular formula is C7H14N2O2. The summed E-state index contributed by atoms with van der Waals surface area (Å²) in [5.41, 5.74) is 0. The predicted octanol–water partition coefficient (Wildman–Crippen LogP) is -1.15. The molecule has 1 aliphatic heterocycles. The van der Waals surface area contributed by atoms with Crippen molar-refractivity contribution in [1.29, 1.82) is 0 Å². The van der Waals surface area contributed by atoms with Crippen LogP contribution in [0.1, 0.15) is 12.8 Å². The van der Waals surface area contributed by atoms with E-state index in [0.29, 0.717) is 6.41 Å². The highest BCUT2D eigenvalue weighted by Crippen LogP contribution is 2.07.